The molecule has 0 aliphatic rings. The molecule has 1 rings (SSSR count). The molecule has 0 spiro atoms. The Bertz CT molecular complexity index is 555. The molecule has 1 amide bonds. The molecule has 20 heavy (non-hydrogen) atoms. The van der Waals surface area contributed by atoms with Crippen molar-refractivity contribution in [1.29, 1.82) is 5.26 Å². The third-order valence-corrected chi connectivity index (χ3v) is 2.53. The molecule has 0 aliphatic carbocycles. The van der Waals surface area contributed by atoms with Crippen molar-refractivity contribution in [2.45, 2.75) is 6.42 Å². The van der Waals surface area contributed by atoms with E-state index >= 15 is 0 Å². The molecule has 0 radical (unpaired) electrons. The summed E-state index contributed by atoms with van der Waals surface area (Å²) < 4.78 is 26.3. The lowest BCUT2D eigenvalue weighted by Gasteiger charge is -2.05. The second kappa shape index (κ2) is 8.12. The van der Waals surface area contributed by atoms with E-state index < -0.39 is 17.5 Å². The van der Waals surface area contributed by atoms with Crippen LogP contribution in [0.4, 0.5) is 14.5 Å². The number of rotatable bonds is 6. The van der Waals surface area contributed by atoms with Crippen LogP contribution in [0.25, 0.3) is 0 Å². The van der Waals surface area contributed by atoms with Gasteiger partial charge < -0.3 is 10.6 Å². The average molecular weight is 300 g/mol. The van der Waals surface area contributed by atoms with Crippen LogP contribution in [0.2, 0.25) is 0 Å². The lowest BCUT2D eigenvalue weighted by atomic mass is 10.2. The minimum absolute atomic E-state index is 0.161. The normalized spacial score (nSPS) is 10.8. The van der Waals surface area contributed by atoms with E-state index in [9.17, 15) is 13.6 Å². The van der Waals surface area contributed by atoms with Gasteiger partial charge in [0.15, 0.2) is 0 Å². The lowest BCUT2D eigenvalue weighted by molar-refractivity contribution is -0.117. The number of nitrogens with zero attached hydrogens (tertiary/aromatic N) is 1. The highest BCUT2D eigenvalue weighted by Gasteiger charge is 2.09. The van der Waals surface area contributed by atoms with E-state index in [1.165, 1.54) is 0 Å². The van der Waals surface area contributed by atoms with Crippen molar-refractivity contribution in [3.63, 3.8) is 0 Å². The first-order valence-corrected chi connectivity index (χ1v) is 6.28. The molecule has 7 heteroatoms. The topological polar surface area (TPSA) is 64.9 Å². The Balaban J connectivity index is 2.73. The number of carbonyl (C=O) groups is 1. The Morgan fingerprint density at radius 2 is 2.20 bits per heavy atom. The Morgan fingerprint density at radius 1 is 1.45 bits per heavy atom. The van der Waals surface area contributed by atoms with E-state index in [1.807, 2.05) is 0 Å². The van der Waals surface area contributed by atoms with Gasteiger partial charge in [0.25, 0.3) is 5.91 Å². The molecule has 0 saturated heterocycles. The first-order chi connectivity index (χ1) is 9.58. The Kier molecular flexibility index (Phi) is 6.47. The Labute approximate surface area is 120 Å². The summed E-state index contributed by atoms with van der Waals surface area (Å²) in [6.07, 6.45) is 1.59. The molecule has 0 heterocycles. The number of amides is 1. The van der Waals surface area contributed by atoms with Gasteiger partial charge in [-0.15, -0.1) is 11.6 Å². The van der Waals surface area contributed by atoms with Crippen molar-refractivity contribution in [2.24, 2.45) is 0 Å². The van der Waals surface area contributed by atoms with Gasteiger partial charge in [0.05, 0.1) is 5.69 Å². The molecular formula is C13H12ClF2N3O. The molecule has 2 N–H and O–H groups in total. The molecular weight excluding hydrogens is 288 g/mol. The van der Waals surface area contributed by atoms with Gasteiger partial charge >= 0.3 is 0 Å². The number of benzene rings is 1. The molecule has 106 valence electrons. The third kappa shape index (κ3) is 4.86. The number of nitrogens with one attached hydrogen (secondary N) is 2. The number of hydrogen-bond donors (Lipinski definition) is 2. The van der Waals surface area contributed by atoms with Crippen LogP contribution in [-0.2, 0) is 4.79 Å². The van der Waals surface area contributed by atoms with Gasteiger partial charge in [-0.3, -0.25) is 4.79 Å². The molecule has 0 bridgehead atoms. The minimum Gasteiger partial charge on any atom is -0.358 e. The van der Waals surface area contributed by atoms with E-state index in [2.05, 4.69) is 10.6 Å². The average Bonchev–Trinajstić information content (AvgIpc) is 2.43. The summed E-state index contributed by atoms with van der Waals surface area (Å²) in [7, 11) is 0. The monoisotopic (exact) mass is 299 g/mol. The van der Waals surface area contributed by atoms with Crippen molar-refractivity contribution in [1.82, 2.24) is 5.32 Å². The van der Waals surface area contributed by atoms with Crippen LogP contribution in [-0.4, -0.2) is 18.3 Å². The summed E-state index contributed by atoms with van der Waals surface area (Å²) >= 11 is 5.45. The first kappa shape index (κ1) is 15.9. The van der Waals surface area contributed by atoms with Crippen molar-refractivity contribution in [3.8, 4) is 6.07 Å². The fraction of sp³-hybridized carbons (Fsp3) is 0.231. The van der Waals surface area contributed by atoms with Crippen LogP contribution in [0.15, 0.2) is 30.0 Å². The number of alkyl halides is 1. The molecule has 1 aromatic rings. The van der Waals surface area contributed by atoms with E-state index in [4.69, 9.17) is 16.9 Å². The number of halogens is 3. The SMILES string of the molecule is N#C/C(=C/Nc1cc(F)ccc1F)C(=O)NCCCCl. The van der Waals surface area contributed by atoms with E-state index in [-0.39, 0.29) is 11.3 Å². The highest BCUT2D eigenvalue weighted by atomic mass is 35.5. The molecule has 0 fully saturated rings. The molecule has 0 unspecified atom stereocenters. The van der Waals surface area contributed by atoms with Crippen LogP contribution in [0.1, 0.15) is 6.42 Å². The zero-order chi connectivity index (χ0) is 15.0. The quantitative estimate of drug-likeness (QED) is 0.367. The standard InChI is InChI=1S/C13H12ClF2N3O/c14-4-1-5-18-13(20)9(7-17)8-19-12-6-10(15)2-3-11(12)16/h2-3,6,8,19H,1,4-5H2,(H,18,20)/b9-8-. The van der Waals surface area contributed by atoms with E-state index in [1.54, 1.807) is 6.07 Å². The summed E-state index contributed by atoms with van der Waals surface area (Å²) in [5.41, 5.74) is -0.408. The minimum atomic E-state index is -0.692. The van der Waals surface area contributed by atoms with Crippen molar-refractivity contribution in [3.05, 3.63) is 41.6 Å². The molecule has 4 nitrogen and oxygen atoms in total. The zero-order valence-corrected chi connectivity index (χ0v) is 11.2. The summed E-state index contributed by atoms with van der Waals surface area (Å²) in [4.78, 5) is 11.6. The number of anilines is 1. The van der Waals surface area contributed by atoms with Gasteiger partial charge in [-0.1, -0.05) is 0 Å². The smallest absolute Gasteiger partial charge is 0.263 e. The van der Waals surface area contributed by atoms with Gasteiger partial charge in [0, 0.05) is 24.7 Å². The van der Waals surface area contributed by atoms with Gasteiger partial charge in [-0.2, -0.15) is 5.26 Å². The summed E-state index contributed by atoms with van der Waals surface area (Å²) in [5.74, 6) is -1.55. The summed E-state index contributed by atoms with van der Waals surface area (Å²) in [5, 5.41) is 13.7. The predicted octanol–water partition coefficient (Wildman–Crippen LogP) is 2.53. The van der Waals surface area contributed by atoms with Crippen LogP contribution in [0.3, 0.4) is 0 Å². The van der Waals surface area contributed by atoms with Crippen molar-refractivity contribution in [2.75, 3.05) is 17.7 Å². The third-order valence-electron chi connectivity index (χ3n) is 2.26. The number of carbonyl (C=O) groups excluding carboxylic acids is 1. The maximum absolute atomic E-state index is 13.3. The molecule has 0 saturated carbocycles. The van der Waals surface area contributed by atoms with Crippen LogP contribution >= 0.6 is 11.6 Å². The zero-order valence-electron chi connectivity index (χ0n) is 10.4. The van der Waals surface area contributed by atoms with Crippen LogP contribution in [0, 0.1) is 23.0 Å². The second-order valence-electron chi connectivity index (χ2n) is 3.74. The van der Waals surface area contributed by atoms with Gasteiger partial charge in [0.2, 0.25) is 0 Å². The molecule has 1 aromatic carbocycles. The van der Waals surface area contributed by atoms with Crippen molar-refractivity contribution >= 4 is 23.2 Å². The Morgan fingerprint density at radius 3 is 2.85 bits per heavy atom. The fourth-order valence-corrected chi connectivity index (χ4v) is 1.40. The summed E-state index contributed by atoms with van der Waals surface area (Å²) in [6, 6.07) is 4.50. The van der Waals surface area contributed by atoms with Gasteiger partial charge in [0.1, 0.15) is 23.3 Å². The highest BCUT2D eigenvalue weighted by molar-refractivity contribution is 6.17. The molecule has 0 aromatic heterocycles. The van der Waals surface area contributed by atoms with Crippen molar-refractivity contribution < 1.29 is 13.6 Å². The first-order valence-electron chi connectivity index (χ1n) is 5.74. The predicted molar refractivity (Wildman–Crippen MR) is 72.0 cm³/mol. The number of hydrogen-bond acceptors (Lipinski definition) is 3. The maximum atomic E-state index is 13.3. The maximum Gasteiger partial charge on any atom is 0.263 e. The second-order valence-corrected chi connectivity index (χ2v) is 4.11. The van der Waals surface area contributed by atoms with Gasteiger partial charge in [-0.05, 0) is 18.6 Å². The number of nitriles is 1. The fourth-order valence-electron chi connectivity index (χ4n) is 1.27. The van der Waals surface area contributed by atoms with E-state index in [0.29, 0.717) is 18.8 Å². The lowest BCUT2D eigenvalue weighted by Crippen LogP contribution is -2.26. The summed E-state index contributed by atoms with van der Waals surface area (Å²) in [6.45, 7) is 0.329. The molecule has 0 atom stereocenters. The van der Waals surface area contributed by atoms with Crippen LogP contribution < -0.4 is 10.6 Å². The van der Waals surface area contributed by atoms with Crippen LogP contribution in [0.5, 0.6) is 0 Å². The largest absolute Gasteiger partial charge is 0.358 e. The van der Waals surface area contributed by atoms with Gasteiger partial charge in [-0.25, -0.2) is 8.78 Å². The Hall–Kier alpha value is -2.13. The molecule has 0 aliphatic heterocycles. The van der Waals surface area contributed by atoms with E-state index in [0.717, 1.165) is 24.4 Å². The highest BCUT2D eigenvalue weighted by Crippen LogP contribution is 2.15.